The molecule has 0 bridgehead atoms. The van der Waals surface area contributed by atoms with E-state index >= 15 is 0 Å². The molecule has 0 aliphatic rings. The van der Waals surface area contributed by atoms with Crippen molar-refractivity contribution in [3.8, 4) is 0 Å². The van der Waals surface area contributed by atoms with Gasteiger partial charge in [0.2, 0.25) is 0 Å². The van der Waals surface area contributed by atoms with E-state index in [1.165, 1.54) is 0 Å². The lowest BCUT2D eigenvalue weighted by Gasteiger charge is -2.27. The zero-order valence-corrected chi connectivity index (χ0v) is 12.6. The summed E-state index contributed by atoms with van der Waals surface area (Å²) in [4.78, 5) is 11.2. The lowest BCUT2D eigenvalue weighted by Crippen LogP contribution is -2.34. The molecule has 4 nitrogen and oxygen atoms in total. The first kappa shape index (κ1) is 15.2. The number of hydrogen-bond acceptors (Lipinski definition) is 5. The van der Waals surface area contributed by atoms with Crippen LogP contribution in [-0.4, -0.2) is 41.6 Å². The molecule has 1 N–H and O–H groups in total. The molecule has 5 heteroatoms. The van der Waals surface area contributed by atoms with E-state index in [1.54, 1.807) is 0 Å². The Morgan fingerprint density at radius 3 is 2.78 bits per heavy atom. The normalized spacial score (nSPS) is 12.4. The Hall–Kier alpha value is -0.810. The van der Waals surface area contributed by atoms with E-state index in [4.69, 9.17) is 0 Å². The summed E-state index contributed by atoms with van der Waals surface area (Å²) in [5.74, 6) is 2.08. The fourth-order valence-electron chi connectivity index (χ4n) is 1.79. The van der Waals surface area contributed by atoms with Crippen LogP contribution in [0.3, 0.4) is 0 Å². The highest BCUT2D eigenvalue weighted by molar-refractivity contribution is 7.98. The van der Waals surface area contributed by atoms with E-state index in [9.17, 15) is 0 Å². The third-order valence-corrected chi connectivity index (χ3v) is 3.69. The first-order valence-electron chi connectivity index (χ1n) is 6.46. The van der Waals surface area contributed by atoms with Gasteiger partial charge in [0.15, 0.2) is 0 Å². The molecule has 18 heavy (non-hydrogen) atoms. The summed E-state index contributed by atoms with van der Waals surface area (Å²) in [5, 5.41) is 3.27. The smallest absolute Gasteiger partial charge is 0.147 e. The van der Waals surface area contributed by atoms with Crippen molar-refractivity contribution in [2.24, 2.45) is 0 Å². The maximum Gasteiger partial charge on any atom is 0.147 e. The Kier molecular flexibility index (Phi) is 7.05. The molecule has 0 spiro atoms. The van der Waals surface area contributed by atoms with Gasteiger partial charge < -0.3 is 10.2 Å². The number of thioether (sulfide) groups is 1. The molecule has 1 atom stereocenters. The van der Waals surface area contributed by atoms with Gasteiger partial charge in [-0.25, -0.2) is 4.98 Å². The summed E-state index contributed by atoms with van der Waals surface area (Å²) >= 11 is 1.87. The van der Waals surface area contributed by atoms with E-state index in [0.29, 0.717) is 6.04 Å². The summed E-state index contributed by atoms with van der Waals surface area (Å²) < 4.78 is 0. The molecule has 1 unspecified atom stereocenters. The molecule has 1 rings (SSSR count). The van der Waals surface area contributed by atoms with Crippen LogP contribution in [0.1, 0.15) is 26.0 Å². The van der Waals surface area contributed by atoms with Gasteiger partial charge in [-0.15, -0.1) is 0 Å². The SMILES string of the molecule is CCNCc1cncc(N(C)C(CC)CSC)n1. The highest BCUT2D eigenvalue weighted by Gasteiger charge is 2.14. The third kappa shape index (κ3) is 4.46. The second-order valence-electron chi connectivity index (χ2n) is 4.28. The topological polar surface area (TPSA) is 41.1 Å². The van der Waals surface area contributed by atoms with E-state index in [2.05, 4.69) is 47.3 Å². The molecule has 0 saturated heterocycles. The van der Waals surface area contributed by atoms with Crippen molar-refractivity contribution in [3.05, 3.63) is 18.1 Å². The van der Waals surface area contributed by atoms with Crippen LogP contribution in [0.2, 0.25) is 0 Å². The Balaban J connectivity index is 2.74. The number of nitrogens with zero attached hydrogens (tertiary/aromatic N) is 3. The predicted octanol–water partition coefficient (Wildman–Crippen LogP) is 2.16. The standard InChI is InChI=1S/C13H24N4S/c1-5-12(10-18-4)17(3)13-9-15-8-11(16-13)7-14-6-2/h8-9,12,14H,5-7,10H2,1-4H3. The van der Waals surface area contributed by atoms with Gasteiger partial charge in [0.1, 0.15) is 5.82 Å². The molecule has 1 aromatic heterocycles. The van der Waals surface area contributed by atoms with Gasteiger partial charge in [0.05, 0.1) is 11.9 Å². The van der Waals surface area contributed by atoms with Gasteiger partial charge in [0.25, 0.3) is 0 Å². The molecule has 0 aliphatic carbocycles. The molecule has 1 aromatic rings. The Morgan fingerprint density at radius 2 is 2.17 bits per heavy atom. The monoisotopic (exact) mass is 268 g/mol. The predicted molar refractivity (Wildman–Crippen MR) is 80.3 cm³/mol. The lowest BCUT2D eigenvalue weighted by molar-refractivity contribution is 0.656. The van der Waals surface area contributed by atoms with Gasteiger partial charge in [-0.05, 0) is 19.2 Å². The molecule has 0 amide bonds. The molecular weight excluding hydrogens is 244 g/mol. The summed E-state index contributed by atoms with van der Waals surface area (Å²) in [5.41, 5.74) is 1.00. The van der Waals surface area contributed by atoms with Crippen molar-refractivity contribution in [3.63, 3.8) is 0 Å². The van der Waals surface area contributed by atoms with Crippen LogP contribution in [0.4, 0.5) is 5.82 Å². The van der Waals surface area contributed by atoms with Crippen molar-refractivity contribution in [1.82, 2.24) is 15.3 Å². The maximum absolute atomic E-state index is 4.65. The molecule has 102 valence electrons. The second-order valence-corrected chi connectivity index (χ2v) is 5.19. The van der Waals surface area contributed by atoms with Crippen molar-refractivity contribution < 1.29 is 0 Å². The minimum atomic E-state index is 0.517. The van der Waals surface area contributed by atoms with Crippen LogP contribution in [0.15, 0.2) is 12.4 Å². The Labute approximate surface area is 115 Å². The number of aromatic nitrogens is 2. The minimum absolute atomic E-state index is 0.517. The van der Waals surface area contributed by atoms with Crippen molar-refractivity contribution in [2.75, 3.05) is 30.5 Å². The zero-order chi connectivity index (χ0) is 13.4. The second kappa shape index (κ2) is 8.32. The van der Waals surface area contributed by atoms with Gasteiger partial charge >= 0.3 is 0 Å². The van der Waals surface area contributed by atoms with Crippen LogP contribution in [0.5, 0.6) is 0 Å². The van der Waals surface area contributed by atoms with Gasteiger partial charge in [-0.2, -0.15) is 11.8 Å². The molecular formula is C13H24N4S. The van der Waals surface area contributed by atoms with E-state index in [-0.39, 0.29) is 0 Å². The number of hydrogen-bond donors (Lipinski definition) is 1. The zero-order valence-electron chi connectivity index (χ0n) is 11.8. The summed E-state index contributed by atoms with van der Waals surface area (Å²) in [6.07, 6.45) is 6.94. The van der Waals surface area contributed by atoms with E-state index in [0.717, 1.165) is 36.8 Å². The Bertz CT molecular complexity index is 346. The molecule has 0 aliphatic heterocycles. The fourth-order valence-corrected chi connectivity index (χ4v) is 2.63. The van der Waals surface area contributed by atoms with Gasteiger partial charge in [-0.1, -0.05) is 13.8 Å². The average Bonchev–Trinajstić information content (AvgIpc) is 2.42. The molecule has 0 saturated carbocycles. The van der Waals surface area contributed by atoms with Crippen molar-refractivity contribution >= 4 is 17.6 Å². The number of rotatable bonds is 8. The number of anilines is 1. The highest BCUT2D eigenvalue weighted by Crippen LogP contribution is 2.16. The third-order valence-electron chi connectivity index (χ3n) is 2.97. The first-order valence-corrected chi connectivity index (χ1v) is 7.85. The molecule has 1 heterocycles. The summed E-state index contributed by atoms with van der Waals surface area (Å²) in [6, 6.07) is 0.517. The number of nitrogens with one attached hydrogen (secondary N) is 1. The largest absolute Gasteiger partial charge is 0.355 e. The first-order chi connectivity index (χ1) is 8.72. The van der Waals surface area contributed by atoms with Crippen LogP contribution >= 0.6 is 11.8 Å². The van der Waals surface area contributed by atoms with Crippen molar-refractivity contribution in [2.45, 2.75) is 32.9 Å². The van der Waals surface area contributed by atoms with Crippen molar-refractivity contribution in [1.29, 1.82) is 0 Å². The fraction of sp³-hybridized carbons (Fsp3) is 0.692. The van der Waals surface area contributed by atoms with Crippen LogP contribution in [0, 0.1) is 0 Å². The molecule has 0 fully saturated rings. The Morgan fingerprint density at radius 1 is 1.39 bits per heavy atom. The molecule has 0 radical (unpaired) electrons. The average molecular weight is 268 g/mol. The van der Waals surface area contributed by atoms with Crippen LogP contribution in [-0.2, 0) is 6.54 Å². The summed E-state index contributed by atoms with van der Waals surface area (Å²) in [7, 11) is 2.10. The van der Waals surface area contributed by atoms with Crippen LogP contribution in [0.25, 0.3) is 0 Å². The van der Waals surface area contributed by atoms with E-state index < -0.39 is 0 Å². The maximum atomic E-state index is 4.65. The van der Waals surface area contributed by atoms with Gasteiger partial charge in [-0.3, -0.25) is 4.98 Å². The van der Waals surface area contributed by atoms with Gasteiger partial charge in [0, 0.05) is 31.6 Å². The lowest BCUT2D eigenvalue weighted by atomic mass is 10.2. The minimum Gasteiger partial charge on any atom is -0.355 e. The van der Waals surface area contributed by atoms with E-state index in [1.807, 2.05) is 24.2 Å². The quantitative estimate of drug-likeness (QED) is 0.782. The van der Waals surface area contributed by atoms with Crippen LogP contribution < -0.4 is 10.2 Å². The summed E-state index contributed by atoms with van der Waals surface area (Å²) in [6.45, 7) is 6.04. The highest BCUT2D eigenvalue weighted by atomic mass is 32.2. The molecule has 0 aromatic carbocycles.